The molecule has 1 amide bonds. The highest BCUT2D eigenvalue weighted by molar-refractivity contribution is 9.10. The summed E-state index contributed by atoms with van der Waals surface area (Å²) in [4.78, 5) is 11.8. The van der Waals surface area contributed by atoms with Crippen molar-refractivity contribution in [2.24, 2.45) is 11.7 Å². The maximum absolute atomic E-state index is 11.8. The van der Waals surface area contributed by atoms with Gasteiger partial charge in [-0.05, 0) is 23.6 Å². The lowest BCUT2D eigenvalue weighted by molar-refractivity contribution is -0.121. The van der Waals surface area contributed by atoms with Gasteiger partial charge in [-0.1, -0.05) is 41.9 Å². The lowest BCUT2D eigenvalue weighted by Crippen LogP contribution is -2.44. The molecule has 0 aromatic heterocycles. The molecule has 0 heterocycles. The van der Waals surface area contributed by atoms with Gasteiger partial charge in [0.05, 0.1) is 6.42 Å². The zero-order valence-electron chi connectivity index (χ0n) is 10.2. The molecular formula is C13H19BrN2O. The molecule has 1 aromatic carbocycles. The van der Waals surface area contributed by atoms with E-state index in [1.807, 2.05) is 24.3 Å². The monoisotopic (exact) mass is 298 g/mol. The van der Waals surface area contributed by atoms with E-state index >= 15 is 0 Å². The quantitative estimate of drug-likeness (QED) is 0.874. The van der Waals surface area contributed by atoms with Crippen LogP contribution in [0.5, 0.6) is 0 Å². The molecule has 0 bridgehead atoms. The van der Waals surface area contributed by atoms with Crippen LogP contribution in [0.25, 0.3) is 0 Å². The van der Waals surface area contributed by atoms with Crippen molar-refractivity contribution in [1.29, 1.82) is 0 Å². The van der Waals surface area contributed by atoms with Crippen LogP contribution in [0.1, 0.15) is 19.4 Å². The predicted molar refractivity (Wildman–Crippen MR) is 73.7 cm³/mol. The second-order valence-electron chi connectivity index (χ2n) is 4.46. The number of amides is 1. The number of halogens is 1. The molecule has 3 N–H and O–H groups in total. The molecule has 0 saturated carbocycles. The normalized spacial score (nSPS) is 12.5. The molecule has 3 nitrogen and oxygen atoms in total. The first-order valence-electron chi connectivity index (χ1n) is 5.76. The summed E-state index contributed by atoms with van der Waals surface area (Å²) in [7, 11) is 0. The number of hydrogen-bond acceptors (Lipinski definition) is 2. The molecule has 94 valence electrons. The molecule has 1 aromatic rings. The maximum Gasteiger partial charge on any atom is 0.224 e. The van der Waals surface area contributed by atoms with Crippen molar-refractivity contribution in [1.82, 2.24) is 5.32 Å². The average molecular weight is 299 g/mol. The van der Waals surface area contributed by atoms with E-state index < -0.39 is 0 Å². The van der Waals surface area contributed by atoms with Crippen molar-refractivity contribution in [2.45, 2.75) is 26.3 Å². The molecule has 1 atom stereocenters. The number of nitrogens with two attached hydrogens (primary N) is 1. The van der Waals surface area contributed by atoms with Crippen molar-refractivity contribution in [3.8, 4) is 0 Å². The number of carbonyl (C=O) groups excluding carboxylic acids is 1. The highest BCUT2D eigenvalue weighted by Gasteiger charge is 2.14. The molecule has 0 aliphatic carbocycles. The molecule has 0 fully saturated rings. The SMILES string of the molecule is CC(C)C(CN)NC(=O)Cc1ccc(Br)cc1. The van der Waals surface area contributed by atoms with Crippen molar-refractivity contribution < 1.29 is 4.79 Å². The fourth-order valence-electron chi connectivity index (χ4n) is 1.54. The topological polar surface area (TPSA) is 55.1 Å². The number of hydrogen-bond donors (Lipinski definition) is 2. The molecular weight excluding hydrogens is 280 g/mol. The van der Waals surface area contributed by atoms with Gasteiger partial charge in [0.2, 0.25) is 5.91 Å². The summed E-state index contributed by atoms with van der Waals surface area (Å²) in [6.07, 6.45) is 0.399. The van der Waals surface area contributed by atoms with Crippen LogP contribution in [0.3, 0.4) is 0 Å². The van der Waals surface area contributed by atoms with E-state index in [0.717, 1.165) is 10.0 Å². The molecule has 4 heteroatoms. The molecule has 0 aliphatic heterocycles. The predicted octanol–water partition coefficient (Wildman–Crippen LogP) is 2.09. The van der Waals surface area contributed by atoms with Gasteiger partial charge >= 0.3 is 0 Å². The fourth-order valence-corrected chi connectivity index (χ4v) is 1.81. The molecule has 0 radical (unpaired) electrons. The zero-order valence-corrected chi connectivity index (χ0v) is 11.8. The Morgan fingerprint density at radius 2 is 1.94 bits per heavy atom. The molecule has 0 spiro atoms. The fraction of sp³-hybridized carbons (Fsp3) is 0.462. The van der Waals surface area contributed by atoms with E-state index in [9.17, 15) is 4.79 Å². The molecule has 1 rings (SSSR count). The van der Waals surface area contributed by atoms with E-state index in [1.165, 1.54) is 0 Å². The van der Waals surface area contributed by atoms with Crippen LogP contribution in [0.15, 0.2) is 28.7 Å². The van der Waals surface area contributed by atoms with E-state index in [1.54, 1.807) is 0 Å². The van der Waals surface area contributed by atoms with Crippen LogP contribution in [0, 0.1) is 5.92 Å². The van der Waals surface area contributed by atoms with E-state index in [4.69, 9.17) is 5.73 Å². The minimum absolute atomic E-state index is 0.0245. The first-order valence-corrected chi connectivity index (χ1v) is 6.56. The van der Waals surface area contributed by atoms with Gasteiger partial charge in [0.15, 0.2) is 0 Å². The zero-order chi connectivity index (χ0) is 12.8. The second kappa shape index (κ2) is 6.77. The van der Waals surface area contributed by atoms with Crippen molar-refractivity contribution in [3.05, 3.63) is 34.3 Å². The minimum Gasteiger partial charge on any atom is -0.352 e. The smallest absolute Gasteiger partial charge is 0.224 e. The summed E-state index contributed by atoms with van der Waals surface area (Å²) in [5.41, 5.74) is 6.62. The Balaban J connectivity index is 2.52. The van der Waals surface area contributed by atoms with E-state index in [0.29, 0.717) is 18.9 Å². The van der Waals surface area contributed by atoms with Gasteiger partial charge in [0.1, 0.15) is 0 Å². The van der Waals surface area contributed by atoms with Crippen LogP contribution in [-0.2, 0) is 11.2 Å². The maximum atomic E-state index is 11.8. The largest absolute Gasteiger partial charge is 0.352 e. The third kappa shape index (κ3) is 4.88. The van der Waals surface area contributed by atoms with Crippen molar-refractivity contribution >= 4 is 21.8 Å². The van der Waals surface area contributed by atoms with Gasteiger partial charge in [-0.25, -0.2) is 0 Å². The highest BCUT2D eigenvalue weighted by Crippen LogP contribution is 2.11. The third-order valence-corrected chi connectivity index (χ3v) is 3.21. The first kappa shape index (κ1) is 14.2. The molecule has 0 aliphatic rings. The van der Waals surface area contributed by atoms with Crippen molar-refractivity contribution in [3.63, 3.8) is 0 Å². The molecule has 17 heavy (non-hydrogen) atoms. The van der Waals surface area contributed by atoms with Gasteiger partial charge in [0, 0.05) is 17.1 Å². The standard InChI is InChI=1S/C13H19BrN2O/c1-9(2)12(8-15)16-13(17)7-10-3-5-11(14)6-4-10/h3-6,9,12H,7-8,15H2,1-2H3,(H,16,17). The van der Waals surface area contributed by atoms with Gasteiger partial charge < -0.3 is 11.1 Å². The summed E-state index contributed by atoms with van der Waals surface area (Å²) in [5, 5.41) is 2.95. The minimum atomic E-state index is 0.0245. The van der Waals surface area contributed by atoms with Crippen LogP contribution < -0.4 is 11.1 Å². The Hall–Kier alpha value is -0.870. The Labute approximate surface area is 111 Å². The lowest BCUT2D eigenvalue weighted by Gasteiger charge is -2.20. The van der Waals surface area contributed by atoms with Gasteiger partial charge in [0.25, 0.3) is 0 Å². The van der Waals surface area contributed by atoms with Crippen LogP contribution in [-0.4, -0.2) is 18.5 Å². The van der Waals surface area contributed by atoms with Gasteiger partial charge in [-0.15, -0.1) is 0 Å². The number of carbonyl (C=O) groups is 1. The average Bonchev–Trinajstić information content (AvgIpc) is 2.28. The van der Waals surface area contributed by atoms with Crippen LogP contribution >= 0.6 is 15.9 Å². The van der Waals surface area contributed by atoms with E-state index in [2.05, 4.69) is 35.1 Å². The van der Waals surface area contributed by atoms with Crippen molar-refractivity contribution in [2.75, 3.05) is 6.54 Å². The Bertz CT molecular complexity index is 362. The van der Waals surface area contributed by atoms with Gasteiger partial charge in [-0.3, -0.25) is 4.79 Å². The summed E-state index contributed by atoms with van der Waals surface area (Å²) >= 11 is 3.37. The first-order chi connectivity index (χ1) is 8.02. The summed E-state index contributed by atoms with van der Waals surface area (Å²) in [6, 6.07) is 7.81. The summed E-state index contributed by atoms with van der Waals surface area (Å²) in [6.45, 7) is 4.58. The number of nitrogens with one attached hydrogen (secondary N) is 1. The van der Waals surface area contributed by atoms with Crippen LogP contribution in [0.2, 0.25) is 0 Å². The second-order valence-corrected chi connectivity index (χ2v) is 5.37. The van der Waals surface area contributed by atoms with Crippen LogP contribution in [0.4, 0.5) is 0 Å². The molecule has 0 saturated heterocycles. The Morgan fingerprint density at radius 1 is 1.35 bits per heavy atom. The lowest BCUT2D eigenvalue weighted by atomic mass is 10.0. The summed E-state index contributed by atoms with van der Waals surface area (Å²) < 4.78 is 1.02. The number of benzene rings is 1. The third-order valence-electron chi connectivity index (χ3n) is 2.68. The Kier molecular flexibility index (Phi) is 5.65. The molecule has 1 unspecified atom stereocenters. The summed E-state index contributed by atoms with van der Waals surface area (Å²) in [5.74, 6) is 0.380. The number of rotatable bonds is 5. The Morgan fingerprint density at radius 3 is 2.41 bits per heavy atom. The highest BCUT2D eigenvalue weighted by atomic mass is 79.9. The van der Waals surface area contributed by atoms with Gasteiger partial charge in [-0.2, -0.15) is 0 Å². The van der Waals surface area contributed by atoms with E-state index in [-0.39, 0.29) is 11.9 Å².